The quantitative estimate of drug-likeness (QED) is 0.430. The Bertz CT molecular complexity index is 240. The van der Waals surface area contributed by atoms with Crippen LogP contribution in [0.1, 0.15) is 6.42 Å². The summed E-state index contributed by atoms with van der Waals surface area (Å²) in [7, 11) is 0. The predicted octanol–water partition coefficient (Wildman–Crippen LogP) is 1.97. The van der Waals surface area contributed by atoms with Gasteiger partial charge in [-0.15, -0.1) is 11.6 Å². The SMILES string of the molecule is ClC1C=CCC2NC=CC=C12. The second-order valence-corrected chi connectivity index (χ2v) is 3.28. The summed E-state index contributed by atoms with van der Waals surface area (Å²) in [6, 6.07) is 0.437. The normalized spacial score (nSPS) is 34.1. The van der Waals surface area contributed by atoms with Gasteiger partial charge in [-0.1, -0.05) is 18.2 Å². The van der Waals surface area contributed by atoms with Gasteiger partial charge in [0.2, 0.25) is 0 Å². The van der Waals surface area contributed by atoms with Crippen molar-refractivity contribution in [3.8, 4) is 0 Å². The summed E-state index contributed by atoms with van der Waals surface area (Å²) in [4.78, 5) is 0. The summed E-state index contributed by atoms with van der Waals surface area (Å²) in [5.74, 6) is 0. The molecule has 0 aromatic heterocycles. The zero-order chi connectivity index (χ0) is 7.68. The van der Waals surface area contributed by atoms with Crippen LogP contribution in [0.15, 0.2) is 36.1 Å². The van der Waals surface area contributed by atoms with Gasteiger partial charge in [0.1, 0.15) is 0 Å². The second kappa shape index (κ2) is 2.74. The third-order valence-corrected chi connectivity index (χ3v) is 2.48. The highest BCUT2D eigenvalue weighted by Gasteiger charge is 2.21. The van der Waals surface area contributed by atoms with Gasteiger partial charge in [-0.05, 0) is 24.3 Å². The average molecular weight is 168 g/mol. The molecule has 2 heteroatoms. The Balaban J connectivity index is 2.29. The van der Waals surface area contributed by atoms with E-state index in [4.69, 9.17) is 11.6 Å². The molecule has 1 aliphatic carbocycles. The minimum atomic E-state index is 0.0891. The highest BCUT2D eigenvalue weighted by molar-refractivity contribution is 6.23. The zero-order valence-corrected chi connectivity index (χ0v) is 6.88. The Morgan fingerprint density at radius 3 is 3.27 bits per heavy atom. The van der Waals surface area contributed by atoms with Gasteiger partial charge in [0.05, 0.1) is 11.4 Å². The Morgan fingerprint density at radius 1 is 1.55 bits per heavy atom. The number of nitrogens with one attached hydrogen (secondary N) is 1. The van der Waals surface area contributed by atoms with Crippen LogP contribution in [0.3, 0.4) is 0 Å². The Morgan fingerprint density at radius 2 is 2.45 bits per heavy atom. The van der Waals surface area contributed by atoms with Crippen molar-refractivity contribution in [2.45, 2.75) is 17.8 Å². The van der Waals surface area contributed by atoms with Crippen molar-refractivity contribution < 1.29 is 0 Å². The number of alkyl halides is 1. The van der Waals surface area contributed by atoms with E-state index in [-0.39, 0.29) is 5.38 Å². The van der Waals surface area contributed by atoms with Gasteiger partial charge < -0.3 is 5.32 Å². The summed E-state index contributed by atoms with van der Waals surface area (Å²) in [5, 5.41) is 3.36. The van der Waals surface area contributed by atoms with Crippen LogP contribution in [0.25, 0.3) is 0 Å². The van der Waals surface area contributed by atoms with Crippen LogP contribution in [0.2, 0.25) is 0 Å². The maximum absolute atomic E-state index is 6.06. The fourth-order valence-corrected chi connectivity index (χ4v) is 1.80. The number of halogens is 1. The second-order valence-electron chi connectivity index (χ2n) is 2.81. The van der Waals surface area contributed by atoms with Crippen LogP contribution < -0.4 is 5.32 Å². The lowest BCUT2D eigenvalue weighted by Gasteiger charge is -2.27. The molecule has 0 fully saturated rings. The zero-order valence-electron chi connectivity index (χ0n) is 6.13. The molecule has 2 atom stereocenters. The van der Waals surface area contributed by atoms with Crippen molar-refractivity contribution in [3.63, 3.8) is 0 Å². The fourth-order valence-electron chi connectivity index (χ4n) is 1.48. The molecule has 0 saturated heterocycles. The summed E-state index contributed by atoms with van der Waals surface area (Å²) >= 11 is 6.06. The maximum atomic E-state index is 6.06. The molecule has 0 spiro atoms. The van der Waals surface area contributed by atoms with E-state index in [0.29, 0.717) is 6.04 Å². The largest absolute Gasteiger partial charge is 0.384 e. The van der Waals surface area contributed by atoms with Crippen LogP contribution >= 0.6 is 11.6 Å². The molecule has 0 aromatic carbocycles. The lowest BCUT2D eigenvalue weighted by molar-refractivity contribution is 0.640. The van der Waals surface area contributed by atoms with E-state index < -0.39 is 0 Å². The van der Waals surface area contributed by atoms with E-state index in [1.54, 1.807) is 0 Å². The van der Waals surface area contributed by atoms with E-state index in [1.807, 2.05) is 18.4 Å². The number of rotatable bonds is 0. The summed E-state index contributed by atoms with van der Waals surface area (Å²) < 4.78 is 0. The maximum Gasteiger partial charge on any atom is 0.0749 e. The smallest absolute Gasteiger partial charge is 0.0749 e. The molecular weight excluding hydrogens is 158 g/mol. The minimum Gasteiger partial charge on any atom is -0.384 e. The molecule has 0 radical (unpaired) electrons. The molecule has 1 heterocycles. The minimum absolute atomic E-state index is 0.0891. The van der Waals surface area contributed by atoms with Gasteiger partial charge in [-0.3, -0.25) is 0 Å². The third kappa shape index (κ3) is 1.21. The van der Waals surface area contributed by atoms with Crippen molar-refractivity contribution in [2.75, 3.05) is 0 Å². The molecule has 1 aliphatic heterocycles. The van der Waals surface area contributed by atoms with Gasteiger partial charge in [-0.25, -0.2) is 0 Å². The van der Waals surface area contributed by atoms with Gasteiger partial charge in [0.25, 0.3) is 0 Å². The van der Waals surface area contributed by atoms with Gasteiger partial charge in [0, 0.05) is 0 Å². The van der Waals surface area contributed by atoms with Crippen molar-refractivity contribution in [1.29, 1.82) is 0 Å². The van der Waals surface area contributed by atoms with Crippen molar-refractivity contribution in [1.82, 2.24) is 5.32 Å². The number of fused-ring (bicyclic) bond motifs is 1. The van der Waals surface area contributed by atoms with Crippen molar-refractivity contribution in [2.24, 2.45) is 0 Å². The molecule has 2 aliphatic rings. The molecule has 11 heavy (non-hydrogen) atoms. The molecule has 2 rings (SSSR count). The van der Waals surface area contributed by atoms with Crippen LogP contribution in [-0.2, 0) is 0 Å². The molecule has 58 valence electrons. The van der Waals surface area contributed by atoms with Crippen molar-refractivity contribution >= 4 is 11.6 Å². The Hall–Kier alpha value is -0.690. The Labute approximate surface area is 71.4 Å². The fraction of sp³-hybridized carbons (Fsp3) is 0.333. The lowest BCUT2D eigenvalue weighted by Crippen LogP contribution is -2.33. The molecule has 0 aromatic rings. The molecule has 0 amide bonds. The predicted molar refractivity (Wildman–Crippen MR) is 47.5 cm³/mol. The monoisotopic (exact) mass is 167 g/mol. The van der Waals surface area contributed by atoms with Gasteiger partial charge in [-0.2, -0.15) is 0 Å². The highest BCUT2D eigenvalue weighted by Crippen LogP contribution is 2.24. The number of dihydropyridines is 1. The molecule has 1 nitrogen and oxygen atoms in total. The van der Waals surface area contributed by atoms with E-state index >= 15 is 0 Å². The summed E-state index contributed by atoms with van der Waals surface area (Å²) in [5.41, 5.74) is 1.29. The first-order chi connectivity index (χ1) is 5.38. The van der Waals surface area contributed by atoms with Crippen molar-refractivity contribution in [3.05, 3.63) is 36.1 Å². The first-order valence-corrected chi connectivity index (χ1v) is 4.25. The number of hydrogen-bond acceptors (Lipinski definition) is 1. The lowest BCUT2D eigenvalue weighted by atomic mass is 9.93. The first-order valence-electron chi connectivity index (χ1n) is 3.81. The topological polar surface area (TPSA) is 12.0 Å². The van der Waals surface area contributed by atoms with E-state index in [0.717, 1.165) is 6.42 Å². The summed E-state index contributed by atoms with van der Waals surface area (Å²) in [6.45, 7) is 0. The number of hydrogen-bond donors (Lipinski definition) is 1. The van der Waals surface area contributed by atoms with Crippen LogP contribution in [-0.4, -0.2) is 11.4 Å². The molecule has 2 unspecified atom stereocenters. The average Bonchev–Trinajstić information content (AvgIpc) is 2.06. The van der Waals surface area contributed by atoms with E-state index in [1.165, 1.54) is 5.57 Å². The molecule has 0 saturated carbocycles. The summed E-state index contributed by atoms with van der Waals surface area (Å²) in [6.07, 6.45) is 11.3. The van der Waals surface area contributed by atoms with Crippen LogP contribution in [0.5, 0.6) is 0 Å². The standard InChI is InChI=1S/C9H10ClN/c10-8-4-1-5-9-7(8)3-2-6-11-9/h1-4,6,8-9,11H,5H2. The Kier molecular flexibility index (Phi) is 1.74. The molecular formula is C9H10ClN. The molecule has 1 N–H and O–H groups in total. The van der Waals surface area contributed by atoms with Crippen LogP contribution in [0, 0.1) is 0 Å². The molecule has 0 bridgehead atoms. The van der Waals surface area contributed by atoms with Crippen LogP contribution in [0.4, 0.5) is 0 Å². The first kappa shape index (κ1) is 6.99. The van der Waals surface area contributed by atoms with E-state index in [9.17, 15) is 0 Å². The third-order valence-electron chi connectivity index (χ3n) is 2.08. The van der Waals surface area contributed by atoms with E-state index in [2.05, 4.69) is 17.5 Å². The highest BCUT2D eigenvalue weighted by atomic mass is 35.5. The number of allylic oxidation sites excluding steroid dienone is 3. The van der Waals surface area contributed by atoms with Gasteiger partial charge >= 0.3 is 0 Å². The van der Waals surface area contributed by atoms with Gasteiger partial charge in [0.15, 0.2) is 0 Å².